The molecule has 0 fully saturated rings. The van der Waals surface area contributed by atoms with Crippen molar-refractivity contribution in [1.82, 2.24) is 15.0 Å². The van der Waals surface area contributed by atoms with E-state index >= 15 is 0 Å². The van der Waals surface area contributed by atoms with Crippen LogP contribution in [0, 0.1) is 41.5 Å². The SMILES string of the molecule is Cc1cc(Nc2nc(O)nc(Nc3ccc(/N=N/c4cc(C)c5cccc(C)c5c4)c(C)c3)n2)ccc1/N=N/c1cc(C)c2cccc(C)c2c1. The van der Waals surface area contributed by atoms with Gasteiger partial charge in [-0.1, -0.05) is 36.4 Å². The van der Waals surface area contributed by atoms with Crippen molar-refractivity contribution in [3.05, 3.63) is 130 Å². The lowest BCUT2D eigenvalue weighted by atomic mass is 10.0. The van der Waals surface area contributed by atoms with Gasteiger partial charge in [0.05, 0.1) is 22.7 Å². The summed E-state index contributed by atoms with van der Waals surface area (Å²) in [6, 6.07) is 31.8. The molecule has 0 atom stereocenters. The molecule has 0 radical (unpaired) electrons. The van der Waals surface area contributed by atoms with E-state index in [9.17, 15) is 5.11 Å². The zero-order valence-electron chi connectivity index (χ0n) is 29.3. The van der Waals surface area contributed by atoms with Crippen LogP contribution in [0.2, 0.25) is 0 Å². The maximum atomic E-state index is 10.3. The normalized spacial score (nSPS) is 11.6. The minimum absolute atomic E-state index is 0.184. The van der Waals surface area contributed by atoms with Crippen molar-refractivity contribution >= 4 is 67.6 Å². The fraction of sp³-hybridized carbons (Fsp3) is 0.146. The first-order valence-electron chi connectivity index (χ1n) is 16.6. The summed E-state index contributed by atoms with van der Waals surface area (Å²) >= 11 is 0. The largest absolute Gasteiger partial charge is 0.479 e. The number of hydrogen-bond acceptors (Lipinski definition) is 10. The lowest BCUT2D eigenvalue weighted by Gasteiger charge is -2.10. The first-order valence-corrected chi connectivity index (χ1v) is 16.6. The van der Waals surface area contributed by atoms with Crippen molar-refractivity contribution in [2.45, 2.75) is 41.5 Å². The second-order valence-corrected chi connectivity index (χ2v) is 12.8. The van der Waals surface area contributed by atoms with Crippen molar-refractivity contribution < 1.29 is 5.11 Å². The molecule has 0 aliphatic heterocycles. The van der Waals surface area contributed by atoms with Gasteiger partial charge in [0.25, 0.3) is 0 Å². The van der Waals surface area contributed by atoms with Gasteiger partial charge in [-0.25, -0.2) is 0 Å². The molecule has 1 aromatic heterocycles. The zero-order valence-corrected chi connectivity index (χ0v) is 29.3. The molecule has 252 valence electrons. The number of hydrogen-bond donors (Lipinski definition) is 3. The Kier molecular flexibility index (Phi) is 8.89. The summed E-state index contributed by atoms with van der Waals surface area (Å²) in [4.78, 5) is 12.6. The molecule has 51 heavy (non-hydrogen) atoms. The molecule has 10 heteroatoms. The first-order chi connectivity index (χ1) is 24.6. The number of aromatic nitrogens is 3. The molecule has 7 aromatic rings. The molecular weight excluding hydrogens is 635 g/mol. The van der Waals surface area contributed by atoms with Gasteiger partial charge < -0.3 is 15.7 Å². The van der Waals surface area contributed by atoms with E-state index in [2.05, 4.69) is 122 Å². The van der Waals surface area contributed by atoms with Crippen LogP contribution in [0.15, 0.2) is 118 Å². The summed E-state index contributed by atoms with van der Waals surface area (Å²) in [6.45, 7) is 12.3. The van der Waals surface area contributed by atoms with Gasteiger partial charge in [0.15, 0.2) is 0 Å². The lowest BCUT2D eigenvalue weighted by Crippen LogP contribution is -2.03. The highest BCUT2D eigenvalue weighted by Crippen LogP contribution is 2.32. The first kappa shape index (κ1) is 33.0. The third-order valence-corrected chi connectivity index (χ3v) is 8.89. The highest BCUT2D eigenvalue weighted by Gasteiger charge is 2.10. The van der Waals surface area contributed by atoms with Gasteiger partial charge in [-0.3, -0.25) is 0 Å². The molecular formula is C41H37N9O. The number of rotatable bonds is 8. The number of nitrogens with one attached hydrogen (secondary N) is 2. The quantitative estimate of drug-likeness (QED) is 0.138. The fourth-order valence-electron chi connectivity index (χ4n) is 6.17. The van der Waals surface area contributed by atoms with Gasteiger partial charge in [0.1, 0.15) is 0 Å². The van der Waals surface area contributed by atoms with E-state index in [4.69, 9.17) is 0 Å². The number of aryl methyl sites for hydroxylation is 6. The smallest absolute Gasteiger partial charge is 0.320 e. The maximum Gasteiger partial charge on any atom is 0.320 e. The molecule has 0 aliphatic rings. The molecule has 6 aromatic carbocycles. The van der Waals surface area contributed by atoms with Crippen molar-refractivity contribution in [2.24, 2.45) is 20.5 Å². The molecule has 0 aliphatic carbocycles. The van der Waals surface area contributed by atoms with Gasteiger partial charge in [-0.05, 0) is 157 Å². The van der Waals surface area contributed by atoms with Crippen LogP contribution in [0.3, 0.4) is 0 Å². The second kappa shape index (κ2) is 13.8. The summed E-state index contributed by atoms with van der Waals surface area (Å²) in [5, 5.41) is 39.5. The summed E-state index contributed by atoms with van der Waals surface area (Å²) in [5.74, 6) is 0.368. The highest BCUT2D eigenvalue weighted by molar-refractivity contribution is 5.91. The Hall–Kier alpha value is -6.55. The zero-order chi connectivity index (χ0) is 35.6. The third-order valence-electron chi connectivity index (χ3n) is 8.89. The van der Waals surface area contributed by atoms with Gasteiger partial charge in [-0.15, -0.1) is 0 Å². The predicted octanol–water partition coefficient (Wildman–Crippen LogP) is 12.1. The van der Waals surface area contributed by atoms with E-state index in [0.29, 0.717) is 0 Å². The molecule has 0 spiro atoms. The Labute approximate surface area is 296 Å². The minimum atomic E-state index is -0.416. The van der Waals surface area contributed by atoms with E-state index in [1.807, 2.05) is 62.4 Å². The Balaban J connectivity index is 1.04. The third kappa shape index (κ3) is 7.25. The summed E-state index contributed by atoms with van der Waals surface area (Å²) < 4.78 is 0. The number of nitrogens with zero attached hydrogens (tertiary/aromatic N) is 7. The molecule has 0 unspecified atom stereocenters. The summed E-state index contributed by atoms with van der Waals surface area (Å²) in [5.41, 5.74) is 11.1. The lowest BCUT2D eigenvalue weighted by molar-refractivity contribution is 0.430. The van der Waals surface area contributed by atoms with Crippen molar-refractivity contribution in [3.63, 3.8) is 0 Å². The van der Waals surface area contributed by atoms with Crippen LogP contribution in [0.25, 0.3) is 21.5 Å². The molecule has 0 saturated carbocycles. The Morgan fingerprint density at radius 1 is 0.431 bits per heavy atom. The standard InChI is InChI=1S/C41H37N9O/c1-23-9-7-11-33-25(3)17-31(21-35(23)33)47-49-37-15-13-29(19-27(37)5)42-39-44-40(46-41(51)45-39)43-30-14-16-38(28(6)20-30)50-48-32-18-26(4)34-12-8-10-24(2)36(34)22-32/h7-22H,1-6H3,(H3,42,43,44,45,46,51)/b49-47+,50-48+. The van der Waals surface area contributed by atoms with Crippen molar-refractivity contribution in [2.75, 3.05) is 10.6 Å². The van der Waals surface area contributed by atoms with Crippen LogP contribution in [0.4, 0.5) is 46.0 Å². The van der Waals surface area contributed by atoms with Crippen LogP contribution in [0.1, 0.15) is 33.4 Å². The van der Waals surface area contributed by atoms with Crippen LogP contribution in [0.5, 0.6) is 6.01 Å². The molecule has 10 nitrogen and oxygen atoms in total. The number of aromatic hydroxyl groups is 1. The second-order valence-electron chi connectivity index (χ2n) is 12.8. The number of fused-ring (bicyclic) bond motifs is 2. The van der Waals surface area contributed by atoms with Crippen molar-refractivity contribution in [3.8, 4) is 6.01 Å². The molecule has 7 rings (SSSR count). The van der Waals surface area contributed by atoms with E-state index in [0.717, 1.165) is 56.4 Å². The monoisotopic (exact) mass is 671 g/mol. The topological polar surface area (TPSA) is 132 Å². The van der Waals surface area contributed by atoms with Crippen molar-refractivity contribution in [1.29, 1.82) is 0 Å². The Morgan fingerprint density at radius 2 is 0.882 bits per heavy atom. The fourth-order valence-corrected chi connectivity index (χ4v) is 6.17. The van der Waals surface area contributed by atoms with Crippen LogP contribution < -0.4 is 10.6 Å². The Morgan fingerprint density at radius 3 is 1.31 bits per heavy atom. The van der Waals surface area contributed by atoms with Gasteiger partial charge >= 0.3 is 6.01 Å². The van der Waals surface area contributed by atoms with E-state index in [1.165, 1.54) is 32.7 Å². The van der Waals surface area contributed by atoms with E-state index in [1.54, 1.807) is 0 Å². The molecule has 0 bridgehead atoms. The van der Waals surface area contributed by atoms with Crippen LogP contribution in [-0.4, -0.2) is 20.1 Å². The van der Waals surface area contributed by atoms with E-state index in [-0.39, 0.29) is 11.9 Å². The van der Waals surface area contributed by atoms with Crippen LogP contribution >= 0.6 is 0 Å². The predicted molar refractivity (Wildman–Crippen MR) is 206 cm³/mol. The average molecular weight is 672 g/mol. The molecule has 3 N–H and O–H groups in total. The van der Waals surface area contributed by atoms with Gasteiger partial charge in [0.2, 0.25) is 11.9 Å². The number of azo groups is 2. The summed E-state index contributed by atoms with van der Waals surface area (Å²) in [7, 11) is 0. The van der Waals surface area contributed by atoms with Gasteiger partial charge in [-0.2, -0.15) is 35.4 Å². The molecule has 1 heterocycles. The van der Waals surface area contributed by atoms with Gasteiger partial charge in [0, 0.05) is 11.4 Å². The number of anilines is 4. The number of benzene rings is 6. The minimum Gasteiger partial charge on any atom is -0.479 e. The van der Waals surface area contributed by atoms with Crippen LogP contribution in [-0.2, 0) is 0 Å². The molecule has 0 amide bonds. The summed E-state index contributed by atoms with van der Waals surface area (Å²) in [6.07, 6.45) is 0. The Bertz CT molecular complexity index is 2350. The average Bonchev–Trinajstić information content (AvgIpc) is 3.08. The highest BCUT2D eigenvalue weighted by atomic mass is 16.3. The van der Waals surface area contributed by atoms with E-state index < -0.39 is 6.01 Å². The maximum absolute atomic E-state index is 10.3. The molecule has 0 saturated heterocycles.